The smallest absolute Gasteiger partial charge is 0.857 e. The van der Waals surface area contributed by atoms with Crippen molar-refractivity contribution in [2.24, 2.45) is 0 Å². The van der Waals surface area contributed by atoms with Gasteiger partial charge >= 0.3 is 21.7 Å². The molecule has 0 amide bonds. The van der Waals surface area contributed by atoms with Crippen LogP contribution in [-0.2, 0) is 41.0 Å². The van der Waals surface area contributed by atoms with E-state index in [0.717, 1.165) is 21.3 Å². The summed E-state index contributed by atoms with van der Waals surface area (Å²) in [5.41, 5.74) is 4.80. The Balaban J connectivity index is -0.000000285. The Kier molecular flexibility index (Phi) is 21.7. The third-order valence-corrected chi connectivity index (χ3v) is 2.68. The van der Waals surface area contributed by atoms with E-state index in [1.54, 1.807) is 11.1 Å². The molecule has 0 spiro atoms. The molecule has 0 radical (unpaired) electrons. The van der Waals surface area contributed by atoms with E-state index in [0.29, 0.717) is 0 Å². The Labute approximate surface area is 126 Å². The second-order valence-electron chi connectivity index (χ2n) is 3.47. The van der Waals surface area contributed by atoms with Crippen molar-refractivity contribution in [3.8, 4) is 0 Å². The maximum absolute atomic E-state index is 8.25. The van der Waals surface area contributed by atoms with E-state index in [2.05, 4.69) is 19.1 Å². The summed E-state index contributed by atoms with van der Waals surface area (Å²) >= 11 is 0. The first kappa shape index (κ1) is 23.1. The Bertz CT molecular complexity index is 236. The quantitative estimate of drug-likeness (QED) is 0.529. The molecule has 1 aromatic carbocycles. The first-order valence-corrected chi connectivity index (χ1v) is 5.90. The van der Waals surface area contributed by atoms with Crippen molar-refractivity contribution in [3.05, 3.63) is 28.8 Å². The van der Waals surface area contributed by atoms with Gasteiger partial charge in [0.1, 0.15) is 0 Å². The molecule has 0 saturated carbocycles. The standard InChI is InChI=1S/C11H15.3CH3O.Ti/c1-2-9-7-10-5-3-4-6-11(10)8-9;3*1-2;/h7-8H,2-6H2,1H3;3*1H3;/q4*-1;+4. The SMILES string of the molecule is CCc1cc2c([cH-]1)CCCC2.C[O-].C[O-].C[O-].[Ti+4]. The maximum Gasteiger partial charge on any atom is 4.00 e. The van der Waals surface area contributed by atoms with Crippen LogP contribution >= 0.6 is 0 Å². The van der Waals surface area contributed by atoms with Crippen LogP contribution in [0.1, 0.15) is 36.5 Å². The second-order valence-corrected chi connectivity index (χ2v) is 3.47. The zero-order valence-electron chi connectivity index (χ0n) is 11.9. The molecule has 4 heteroatoms. The van der Waals surface area contributed by atoms with Crippen LogP contribution < -0.4 is 15.3 Å². The Morgan fingerprint density at radius 2 is 1.50 bits per heavy atom. The zero-order chi connectivity index (χ0) is 13.7. The van der Waals surface area contributed by atoms with Gasteiger partial charge in [-0.2, -0.15) is 44.1 Å². The fraction of sp³-hybridized carbons (Fsp3) is 0.643. The van der Waals surface area contributed by atoms with Crippen LogP contribution in [0.25, 0.3) is 0 Å². The monoisotopic (exact) mass is 288 g/mol. The molecule has 0 aliphatic heterocycles. The van der Waals surface area contributed by atoms with E-state index in [4.69, 9.17) is 15.3 Å². The summed E-state index contributed by atoms with van der Waals surface area (Å²) in [6.07, 6.45) is 6.66. The van der Waals surface area contributed by atoms with Crippen LogP contribution in [0.3, 0.4) is 0 Å². The van der Waals surface area contributed by atoms with Crippen LogP contribution in [0.2, 0.25) is 0 Å². The molecular weight excluding hydrogens is 264 g/mol. The van der Waals surface area contributed by atoms with Crippen molar-refractivity contribution in [1.82, 2.24) is 0 Å². The molecule has 0 atom stereocenters. The Hall–Kier alpha value is -0.0557. The molecule has 2 rings (SSSR count). The van der Waals surface area contributed by atoms with Crippen molar-refractivity contribution in [3.63, 3.8) is 0 Å². The number of hydrogen-bond acceptors (Lipinski definition) is 3. The van der Waals surface area contributed by atoms with Crippen molar-refractivity contribution in [2.75, 3.05) is 21.3 Å². The average Bonchev–Trinajstić information content (AvgIpc) is 2.88. The predicted octanol–water partition coefficient (Wildman–Crippen LogP) is -0.226. The summed E-state index contributed by atoms with van der Waals surface area (Å²) in [6, 6.07) is 4.79. The molecule has 0 aromatic heterocycles. The van der Waals surface area contributed by atoms with Gasteiger partial charge in [-0.1, -0.05) is 39.0 Å². The molecule has 1 aliphatic carbocycles. The molecule has 0 heterocycles. The van der Waals surface area contributed by atoms with E-state index >= 15 is 0 Å². The van der Waals surface area contributed by atoms with Gasteiger partial charge in [0.05, 0.1) is 0 Å². The van der Waals surface area contributed by atoms with Gasteiger partial charge < -0.3 is 15.3 Å². The molecule has 3 nitrogen and oxygen atoms in total. The van der Waals surface area contributed by atoms with E-state index in [1.807, 2.05) is 0 Å². The molecule has 1 aromatic rings. The molecule has 0 fully saturated rings. The molecule has 0 N–H and O–H groups in total. The Morgan fingerprint density at radius 1 is 1.00 bits per heavy atom. The summed E-state index contributed by atoms with van der Waals surface area (Å²) in [5.74, 6) is 0. The molecule has 0 unspecified atom stereocenters. The fourth-order valence-electron chi connectivity index (χ4n) is 1.98. The summed E-state index contributed by atoms with van der Waals surface area (Å²) in [7, 11) is 2.25. The topological polar surface area (TPSA) is 69.2 Å². The molecule has 0 bridgehead atoms. The minimum atomic E-state index is 0. The van der Waals surface area contributed by atoms with Gasteiger partial charge in [0.25, 0.3) is 0 Å². The van der Waals surface area contributed by atoms with E-state index < -0.39 is 0 Å². The van der Waals surface area contributed by atoms with Crippen LogP contribution in [-0.4, -0.2) is 21.3 Å². The van der Waals surface area contributed by atoms with Crippen LogP contribution in [0.15, 0.2) is 12.1 Å². The summed E-state index contributed by atoms with van der Waals surface area (Å²) in [5, 5.41) is 24.8. The summed E-state index contributed by atoms with van der Waals surface area (Å²) in [4.78, 5) is 0. The van der Waals surface area contributed by atoms with E-state index in [9.17, 15) is 0 Å². The van der Waals surface area contributed by atoms with E-state index in [1.165, 1.54) is 37.7 Å². The van der Waals surface area contributed by atoms with Crippen molar-refractivity contribution in [1.29, 1.82) is 0 Å². The van der Waals surface area contributed by atoms with Gasteiger partial charge in [-0.3, -0.25) is 0 Å². The van der Waals surface area contributed by atoms with Crippen LogP contribution in [0.5, 0.6) is 0 Å². The number of aryl methyl sites for hydroxylation is 3. The van der Waals surface area contributed by atoms with Crippen molar-refractivity contribution in [2.45, 2.75) is 39.0 Å². The van der Waals surface area contributed by atoms with Gasteiger partial charge in [0, 0.05) is 0 Å². The summed E-state index contributed by atoms with van der Waals surface area (Å²) < 4.78 is 0. The molecular formula is C14H24O3Ti. The Morgan fingerprint density at radius 3 is 1.94 bits per heavy atom. The average molecular weight is 288 g/mol. The van der Waals surface area contributed by atoms with Crippen molar-refractivity contribution < 1.29 is 37.0 Å². The third-order valence-electron chi connectivity index (χ3n) is 2.68. The third kappa shape index (κ3) is 8.12. The molecule has 18 heavy (non-hydrogen) atoms. The molecule has 1 aliphatic rings. The van der Waals surface area contributed by atoms with Gasteiger partial charge in [0.2, 0.25) is 0 Å². The second kappa shape index (κ2) is 16.9. The van der Waals surface area contributed by atoms with Gasteiger partial charge in [-0.25, -0.2) is 6.07 Å². The van der Waals surface area contributed by atoms with Crippen LogP contribution in [0, 0.1) is 0 Å². The van der Waals surface area contributed by atoms with E-state index in [-0.39, 0.29) is 21.7 Å². The normalized spacial score (nSPS) is 11.1. The van der Waals surface area contributed by atoms with Gasteiger partial charge in [-0.05, 0) is 0 Å². The van der Waals surface area contributed by atoms with Gasteiger partial charge in [0.15, 0.2) is 0 Å². The van der Waals surface area contributed by atoms with Gasteiger partial charge in [-0.15, -0.1) is 0 Å². The predicted molar refractivity (Wildman–Crippen MR) is 65.8 cm³/mol. The number of rotatable bonds is 1. The maximum atomic E-state index is 8.25. The minimum absolute atomic E-state index is 0. The first-order chi connectivity index (χ1) is 8.40. The fourth-order valence-corrected chi connectivity index (χ4v) is 1.98. The van der Waals surface area contributed by atoms with Crippen molar-refractivity contribution >= 4 is 0 Å². The zero-order valence-corrected chi connectivity index (χ0v) is 13.5. The first-order valence-electron chi connectivity index (χ1n) is 5.90. The molecule has 0 saturated heterocycles. The molecule has 102 valence electrons. The largest absolute Gasteiger partial charge is 4.00 e. The minimum Gasteiger partial charge on any atom is -0.857 e. The number of fused-ring (bicyclic) bond motifs is 1. The number of hydrogen-bond donors (Lipinski definition) is 0. The summed E-state index contributed by atoms with van der Waals surface area (Å²) in [6.45, 7) is 2.24. The van der Waals surface area contributed by atoms with Crippen LogP contribution in [0.4, 0.5) is 0 Å².